The van der Waals surface area contributed by atoms with Crippen LogP contribution in [0.25, 0.3) is 71.2 Å². The van der Waals surface area contributed by atoms with E-state index in [4.69, 9.17) is 14.4 Å². The molecular weight excluding hydrogens is 647 g/mol. The van der Waals surface area contributed by atoms with Gasteiger partial charge in [0.1, 0.15) is 11.2 Å². The zero-order valence-electron chi connectivity index (χ0n) is 30.6. The van der Waals surface area contributed by atoms with Crippen molar-refractivity contribution in [2.45, 2.75) is 107 Å². The van der Waals surface area contributed by atoms with Gasteiger partial charge in [0.2, 0.25) is 0 Å². The van der Waals surface area contributed by atoms with Crippen molar-refractivity contribution in [3.05, 3.63) is 88.5 Å². The summed E-state index contributed by atoms with van der Waals surface area (Å²) in [5.41, 5.74) is 17.8. The second kappa shape index (κ2) is 8.91. The highest BCUT2D eigenvalue weighted by Crippen LogP contribution is 2.63. The van der Waals surface area contributed by atoms with Crippen LogP contribution < -0.4 is 0 Å². The maximum Gasteiger partial charge on any atom is 0.136 e. The Bertz CT molecular complexity index is 2990. The van der Waals surface area contributed by atoms with E-state index in [-0.39, 0.29) is 5.41 Å². The Morgan fingerprint density at radius 1 is 0.585 bits per heavy atom. The summed E-state index contributed by atoms with van der Waals surface area (Å²) in [6.07, 6.45) is 18.3. The van der Waals surface area contributed by atoms with Gasteiger partial charge in [0.05, 0.1) is 28.9 Å². The van der Waals surface area contributed by atoms with Crippen LogP contribution in [-0.2, 0) is 5.41 Å². The van der Waals surface area contributed by atoms with Crippen LogP contribution in [0.3, 0.4) is 0 Å². The van der Waals surface area contributed by atoms with Crippen molar-refractivity contribution in [3.63, 3.8) is 0 Å². The number of benzene rings is 3. The van der Waals surface area contributed by atoms with Crippen LogP contribution in [0, 0.1) is 23.7 Å². The number of aromatic nitrogens is 3. The van der Waals surface area contributed by atoms with Crippen LogP contribution in [0.15, 0.2) is 59.3 Å². The molecule has 4 nitrogen and oxygen atoms in total. The molecule has 4 saturated carbocycles. The number of hydrogen-bond donors (Lipinski definition) is 0. The van der Waals surface area contributed by atoms with Crippen molar-refractivity contribution in [1.29, 1.82) is 0 Å². The van der Waals surface area contributed by atoms with E-state index >= 15 is 0 Å². The number of rotatable bonds is 0. The predicted octanol–water partition coefficient (Wildman–Crippen LogP) is 12.6. The maximum atomic E-state index is 6.61. The molecule has 4 heteroatoms. The Kier molecular flexibility index (Phi) is 4.72. The van der Waals surface area contributed by atoms with E-state index in [0.717, 1.165) is 34.8 Å². The molecule has 0 saturated heterocycles. The summed E-state index contributed by atoms with van der Waals surface area (Å²) in [6.45, 7) is 5.02. The highest BCUT2D eigenvalue weighted by atomic mass is 16.3. The van der Waals surface area contributed by atoms with Crippen LogP contribution in [0.2, 0.25) is 0 Å². The van der Waals surface area contributed by atoms with Gasteiger partial charge in [-0.2, -0.15) is 0 Å². The molecule has 0 radical (unpaired) electrons. The third-order valence-corrected chi connectivity index (χ3v) is 16.8. The summed E-state index contributed by atoms with van der Waals surface area (Å²) in [5, 5.41) is 8.51. The normalized spacial score (nSPS) is 31.4. The lowest BCUT2D eigenvalue weighted by Crippen LogP contribution is -2.25. The van der Waals surface area contributed by atoms with E-state index in [1.54, 1.807) is 11.1 Å². The molecule has 9 aliphatic carbocycles. The minimum atomic E-state index is -0.172. The Morgan fingerprint density at radius 3 is 1.87 bits per heavy atom. The minimum Gasteiger partial charge on any atom is -0.456 e. The molecule has 5 heterocycles. The van der Waals surface area contributed by atoms with Gasteiger partial charge in [0, 0.05) is 61.0 Å². The Balaban J connectivity index is 1.14. The average Bonchev–Trinajstić information content (AvgIpc) is 3.78. The molecule has 17 rings (SSSR count). The molecule has 8 bridgehead atoms. The summed E-state index contributed by atoms with van der Waals surface area (Å²) >= 11 is 0. The summed E-state index contributed by atoms with van der Waals surface area (Å²) < 4.78 is 9.29. The monoisotopic (exact) mass is 689 g/mol. The first-order chi connectivity index (χ1) is 26.0. The SMILES string of the molecule is CC1(C)c2cc3c(cc2-c2cc4c5c6c(ncc5n5c7cnc8c(c7c(c21)c45)C1CC2CC(CC8C2)C1)C1CC2CC(C1)CC6C2)oc1ccccc13. The Labute approximate surface area is 308 Å². The van der Waals surface area contributed by atoms with Gasteiger partial charge in [-0.25, -0.2) is 0 Å². The zero-order valence-corrected chi connectivity index (χ0v) is 30.6. The molecule has 0 N–H and O–H groups in total. The van der Waals surface area contributed by atoms with Crippen LogP contribution in [0.5, 0.6) is 0 Å². The summed E-state index contributed by atoms with van der Waals surface area (Å²) in [5.74, 6) is 5.94. The number of para-hydroxylation sites is 1. The molecule has 53 heavy (non-hydrogen) atoms. The summed E-state index contributed by atoms with van der Waals surface area (Å²) in [6, 6.07) is 16.1. The Hall–Kier alpha value is -4.44. The van der Waals surface area contributed by atoms with Gasteiger partial charge in [0.25, 0.3) is 0 Å². The second-order valence-electron chi connectivity index (χ2n) is 19.8. The number of fused-ring (bicyclic) bond motifs is 13. The van der Waals surface area contributed by atoms with E-state index in [1.807, 2.05) is 0 Å². The topological polar surface area (TPSA) is 43.3 Å². The van der Waals surface area contributed by atoms with Gasteiger partial charge in [0.15, 0.2) is 0 Å². The first-order valence-corrected chi connectivity index (χ1v) is 21.0. The lowest BCUT2D eigenvalue weighted by Gasteiger charge is -2.38. The number of pyridine rings is 2. The predicted molar refractivity (Wildman–Crippen MR) is 213 cm³/mol. The van der Waals surface area contributed by atoms with Crippen molar-refractivity contribution in [3.8, 4) is 11.1 Å². The Morgan fingerprint density at radius 2 is 1.19 bits per heavy atom. The van der Waals surface area contributed by atoms with Gasteiger partial charge in [-0.1, -0.05) is 32.0 Å². The van der Waals surface area contributed by atoms with Gasteiger partial charge in [-0.15, -0.1) is 0 Å². The quantitative estimate of drug-likeness (QED) is 0.159. The number of hydrogen-bond acceptors (Lipinski definition) is 3. The molecule has 8 aromatic rings. The number of furan rings is 1. The molecule has 4 unspecified atom stereocenters. The fraction of sp³-hybridized carbons (Fsp3) is 0.429. The smallest absolute Gasteiger partial charge is 0.136 e. The van der Waals surface area contributed by atoms with Gasteiger partial charge >= 0.3 is 0 Å². The van der Waals surface area contributed by atoms with Gasteiger partial charge < -0.3 is 8.82 Å². The molecule has 4 fully saturated rings. The lowest BCUT2D eigenvalue weighted by molar-refractivity contribution is 0.165. The molecule has 0 amide bonds. The van der Waals surface area contributed by atoms with E-state index in [9.17, 15) is 0 Å². The molecule has 3 aromatic carbocycles. The highest BCUT2D eigenvalue weighted by molar-refractivity contribution is 6.28. The van der Waals surface area contributed by atoms with Crippen molar-refractivity contribution in [2.24, 2.45) is 23.7 Å². The third-order valence-electron chi connectivity index (χ3n) is 16.8. The summed E-state index contributed by atoms with van der Waals surface area (Å²) in [7, 11) is 0. The fourth-order valence-corrected chi connectivity index (χ4v) is 15.3. The van der Waals surface area contributed by atoms with Crippen LogP contribution in [-0.4, -0.2) is 14.4 Å². The largest absolute Gasteiger partial charge is 0.456 e. The molecule has 4 atom stereocenters. The lowest BCUT2D eigenvalue weighted by atomic mass is 9.67. The van der Waals surface area contributed by atoms with Gasteiger partial charge in [-0.05, 0) is 157 Å². The molecule has 0 aliphatic heterocycles. The highest BCUT2D eigenvalue weighted by Gasteiger charge is 2.48. The van der Waals surface area contributed by atoms with E-state index in [0.29, 0.717) is 23.7 Å². The van der Waals surface area contributed by atoms with E-state index in [1.165, 1.54) is 147 Å². The van der Waals surface area contributed by atoms with Crippen LogP contribution >= 0.6 is 0 Å². The van der Waals surface area contributed by atoms with E-state index in [2.05, 4.69) is 73.1 Å². The molecule has 260 valence electrons. The second-order valence-corrected chi connectivity index (χ2v) is 19.8. The van der Waals surface area contributed by atoms with Crippen molar-refractivity contribution in [2.75, 3.05) is 0 Å². The average molecular weight is 690 g/mol. The first-order valence-electron chi connectivity index (χ1n) is 21.0. The van der Waals surface area contributed by atoms with E-state index < -0.39 is 0 Å². The molecule has 9 aliphatic rings. The molecule has 5 aromatic heterocycles. The summed E-state index contributed by atoms with van der Waals surface area (Å²) in [4.78, 5) is 11.1. The minimum absolute atomic E-state index is 0.172. The maximum absolute atomic E-state index is 6.61. The van der Waals surface area contributed by atoms with Crippen molar-refractivity contribution in [1.82, 2.24) is 14.4 Å². The zero-order chi connectivity index (χ0) is 34.2. The fourth-order valence-electron chi connectivity index (χ4n) is 15.3. The van der Waals surface area contributed by atoms with Crippen LogP contribution in [0.4, 0.5) is 0 Å². The van der Waals surface area contributed by atoms with Crippen LogP contribution in [0.1, 0.15) is 135 Å². The number of nitrogens with zero attached hydrogens (tertiary/aromatic N) is 3. The molecular formula is C49H43N3O. The van der Waals surface area contributed by atoms with Crippen molar-refractivity contribution < 1.29 is 4.42 Å². The van der Waals surface area contributed by atoms with Gasteiger partial charge in [-0.3, -0.25) is 9.97 Å². The van der Waals surface area contributed by atoms with Crippen molar-refractivity contribution >= 4 is 60.0 Å². The first kappa shape index (κ1) is 28.1. The molecule has 0 spiro atoms. The standard InChI is InChI=1S/C49H43N3O/c1-49(2)35-18-32-30-5-3-4-6-38(30)53-39(32)19-31(35)33-17-34-42-36(20-50-46-28-13-22-7-23(14-28)10-26(9-22)40(42)46)52-37-21-51-47-29-15-24-8-25(16-29)12-27(11-24)41(47)43(37)44(45(33)49)48(34)52/h3-6,17-29H,7-16H2,1-2H3. The third kappa shape index (κ3) is 3.17.